The summed E-state index contributed by atoms with van der Waals surface area (Å²) in [5.74, 6) is -0.0126. The van der Waals surface area contributed by atoms with Crippen LogP contribution in [0.2, 0.25) is 0 Å². The van der Waals surface area contributed by atoms with Crippen LogP contribution in [0.5, 0.6) is 11.5 Å². The van der Waals surface area contributed by atoms with Crippen LogP contribution < -0.4 is 10.6 Å². The summed E-state index contributed by atoms with van der Waals surface area (Å²) in [7, 11) is 0. The zero-order valence-corrected chi connectivity index (χ0v) is 17.7. The number of hydrogen-bond donors (Lipinski definition) is 4. The van der Waals surface area contributed by atoms with Crippen molar-refractivity contribution in [2.24, 2.45) is 0 Å². The number of likely N-dealkylation sites (tertiary alicyclic amines) is 1. The Labute approximate surface area is 182 Å². The minimum Gasteiger partial charge on any atom is -0.504 e. The molecular formula is C25H29N3O3. The van der Waals surface area contributed by atoms with E-state index in [1.807, 2.05) is 23.1 Å². The molecule has 6 nitrogen and oxygen atoms in total. The van der Waals surface area contributed by atoms with E-state index >= 15 is 0 Å². The number of nitrogens with zero attached hydrogens (tertiary/aromatic N) is 1. The van der Waals surface area contributed by atoms with Crippen molar-refractivity contribution in [3.05, 3.63) is 59.8 Å². The number of piperidine rings is 1. The highest BCUT2D eigenvalue weighted by molar-refractivity contribution is 5.88. The molecule has 162 valence electrons. The summed E-state index contributed by atoms with van der Waals surface area (Å²) < 4.78 is 0. The van der Waals surface area contributed by atoms with Crippen LogP contribution in [0.4, 0.5) is 11.4 Å². The molecule has 2 aromatic rings. The molecule has 1 unspecified atom stereocenters. The third-order valence-corrected chi connectivity index (χ3v) is 6.98. The number of fused-ring (bicyclic) bond motifs is 1. The molecule has 2 heterocycles. The molecule has 31 heavy (non-hydrogen) atoms. The van der Waals surface area contributed by atoms with Crippen LogP contribution in [0.15, 0.2) is 48.7 Å². The van der Waals surface area contributed by atoms with E-state index in [2.05, 4.69) is 23.3 Å². The zero-order valence-electron chi connectivity index (χ0n) is 17.7. The van der Waals surface area contributed by atoms with Gasteiger partial charge in [-0.2, -0.15) is 0 Å². The third kappa shape index (κ3) is 3.60. The van der Waals surface area contributed by atoms with E-state index in [0.717, 1.165) is 67.0 Å². The molecule has 0 bridgehead atoms. The van der Waals surface area contributed by atoms with Gasteiger partial charge in [0.15, 0.2) is 11.5 Å². The summed E-state index contributed by atoms with van der Waals surface area (Å²) in [5.41, 5.74) is 4.72. The fourth-order valence-corrected chi connectivity index (χ4v) is 4.93. The van der Waals surface area contributed by atoms with Crippen LogP contribution in [-0.2, 0) is 16.6 Å². The van der Waals surface area contributed by atoms with E-state index in [9.17, 15) is 15.0 Å². The molecule has 2 aromatic carbocycles. The summed E-state index contributed by atoms with van der Waals surface area (Å²) in [4.78, 5) is 14.9. The normalized spacial score (nSPS) is 21.2. The van der Waals surface area contributed by atoms with Crippen LogP contribution in [0, 0.1) is 0 Å². The van der Waals surface area contributed by atoms with Gasteiger partial charge >= 0.3 is 0 Å². The predicted molar refractivity (Wildman–Crippen MR) is 121 cm³/mol. The zero-order chi connectivity index (χ0) is 21.6. The summed E-state index contributed by atoms with van der Waals surface area (Å²) in [6.07, 6.45) is 6.00. The number of rotatable bonds is 5. The van der Waals surface area contributed by atoms with E-state index in [-0.39, 0.29) is 28.9 Å². The molecule has 6 heteroatoms. The molecule has 1 atom stereocenters. The van der Waals surface area contributed by atoms with Crippen molar-refractivity contribution < 1.29 is 15.0 Å². The second-order valence-electron chi connectivity index (χ2n) is 9.05. The Kier molecular flexibility index (Phi) is 4.80. The molecule has 1 saturated heterocycles. The molecule has 5 rings (SSSR count). The van der Waals surface area contributed by atoms with Crippen molar-refractivity contribution in [1.29, 1.82) is 0 Å². The van der Waals surface area contributed by atoms with E-state index in [1.54, 1.807) is 6.07 Å². The molecule has 3 aliphatic rings. The molecule has 2 aliphatic heterocycles. The summed E-state index contributed by atoms with van der Waals surface area (Å²) in [6.45, 7) is 6.02. The lowest BCUT2D eigenvalue weighted by Gasteiger charge is -2.29. The maximum atomic E-state index is 12.9. The second-order valence-corrected chi connectivity index (χ2v) is 9.05. The van der Waals surface area contributed by atoms with Gasteiger partial charge in [0, 0.05) is 42.0 Å². The van der Waals surface area contributed by atoms with Crippen LogP contribution in [0.25, 0.3) is 0 Å². The lowest BCUT2D eigenvalue weighted by Crippen LogP contribution is -2.44. The first-order chi connectivity index (χ1) is 15.0. The van der Waals surface area contributed by atoms with Gasteiger partial charge in [-0.15, -0.1) is 0 Å². The average molecular weight is 420 g/mol. The van der Waals surface area contributed by atoms with Crippen molar-refractivity contribution >= 4 is 17.3 Å². The fraction of sp³-hybridized carbons (Fsp3) is 0.400. The van der Waals surface area contributed by atoms with Crippen LogP contribution in [0.3, 0.4) is 0 Å². The van der Waals surface area contributed by atoms with Crippen molar-refractivity contribution in [3.8, 4) is 11.5 Å². The van der Waals surface area contributed by atoms with Crippen molar-refractivity contribution in [2.45, 2.75) is 50.0 Å². The standard InChI is InChI=1S/C25H29N3O3/c1-16(25(9-10-25)18-5-8-22(29)23(30)15-18)26-19-6-7-20-17(13-19)14-21(27-20)24(31)28-11-3-2-4-12-28/h5-8,13,15,21,26-27,29-30H,1-4,9-12,14H2. The maximum absolute atomic E-state index is 12.9. The number of aromatic hydroxyl groups is 2. The Morgan fingerprint density at radius 1 is 1.06 bits per heavy atom. The lowest BCUT2D eigenvalue weighted by atomic mass is 9.92. The van der Waals surface area contributed by atoms with Crippen LogP contribution >= 0.6 is 0 Å². The number of anilines is 2. The molecule has 2 fully saturated rings. The highest BCUT2D eigenvalue weighted by Crippen LogP contribution is 2.54. The van der Waals surface area contributed by atoms with Crippen LogP contribution in [-0.4, -0.2) is 40.2 Å². The highest BCUT2D eigenvalue weighted by Gasteiger charge is 2.47. The highest BCUT2D eigenvalue weighted by atomic mass is 16.3. The SMILES string of the molecule is C=C(Nc1ccc2c(c1)CC(C(=O)N1CCCCC1)N2)C1(c2ccc(O)c(O)c2)CC1. The molecule has 0 aromatic heterocycles. The number of allylic oxidation sites excluding steroid dienone is 1. The molecule has 0 radical (unpaired) electrons. The largest absolute Gasteiger partial charge is 0.504 e. The van der Waals surface area contributed by atoms with Gasteiger partial charge in [0.05, 0.1) is 0 Å². The number of hydrogen-bond acceptors (Lipinski definition) is 5. The number of amides is 1. The Bertz CT molecular complexity index is 1040. The van der Waals surface area contributed by atoms with Crippen molar-refractivity contribution in [1.82, 2.24) is 4.90 Å². The van der Waals surface area contributed by atoms with E-state index in [4.69, 9.17) is 0 Å². The lowest BCUT2D eigenvalue weighted by molar-refractivity contribution is -0.132. The first-order valence-corrected chi connectivity index (χ1v) is 11.1. The van der Waals surface area contributed by atoms with Gasteiger partial charge in [-0.1, -0.05) is 12.6 Å². The van der Waals surface area contributed by atoms with Gasteiger partial charge in [0.1, 0.15) is 6.04 Å². The van der Waals surface area contributed by atoms with Gasteiger partial charge in [0.25, 0.3) is 0 Å². The first kappa shape index (κ1) is 19.8. The number of benzene rings is 2. The molecule has 1 saturated carbocycles. The first-order valence-electron chi connectivity index (χ1n) is 11.1. The van der Waals surface area contributed by atoms with Crippen molar-refractivity contribution in [3.63, 3.8) is 0 Å². The topological polar surface area (TPSA) is 84.8 Å². The monoisotopic (exact) mass is 419 g/mol. The number of carbonyl (C=O) groups is 1. The molecule has 4 N–H and O–H groups in total. The quantitative estimate of drug-likeness (QED) is 0.548. The number of phenolic OH excluding ortho intramolecular Hbond substituents is 2. The Morgan fingerprint density at radius 3 is 2.55 bits per heavy atom. The minimum atomic E-state index is -0.227. The fourth-order valence-electron chi connectivity index (χ4n) is 4.93. The Balaban J connectivity index is 1.28. The number of carbonyl (C=O) groups excluding carboxylic acids is 1. The predicted octanol–water partition coefficient (Wildman–Crippen LogP) is 4.10. The van der Waals surface area contributed by atoms with E-state index in [1.165, 1.54) is 12.5 Å². The van der Waals surface area contributed by atoms with Gasteiger partial charge in [0.2, 0.25) is 5.91 Å². The number of nitrogens with one attached hydrogen (secondary N) is 2. The molecule has 1 amide bonds. The van der Waals surface area contributed by atoms with Gasteiger partial charge < -0.3 is 25.7 Å². The second kappa shape index (κ2) is 7.52. The van der Waals surface area contributed by atoms with E-state index in [0.29, 0.717) is 6.42 Å². The molecule has 1 aliphatic carbocycles. The van der Waals surface area contributed by atoms with E-state index < -0.39 is 0 Å². The minimum absolute atomic E-state index is 0.107. The van der Waals surface area contributed by atoms with Gasteiger partial charge in [-0.3, -0.25) is 4.79 Å². The Morgan fingerprint density at radius 2 is 1.84 bits per heavy atom. The van der Waals surface area contributed by atoms with Crippen LogP contribution in [0.1, 0.15) is 43.2 Å². The van der Waals surface area contributed by atoms with Crippen molar-refractivity contribution in [2.75, 3.05) is 23.7 Å². The number of phenols is 2. The smallest absolute Gasteiger partial charge is 0.245 e. The maximum Gasteiger partial charge on any atom is 0.245 e. The summed E-state index contributed by atoms with van der Waals surface area (Å²) in [5, 5.41) is 26.4. The Hall–Kier alpha value is -3.15. The average Bonchev–Trinajstić information content (AvgIpc) is 3.49. The third-order valence-electron chi connectivity index (χ3n) is 6.98. The molecular weight excluding hydrogens is 390 g/mol. The van der Waals surface area contributed by atoms with Gasteiger partial charge in [-0.05, 0) is 73.6 Å². The summed E-state index contributed by atoms with van der Waals surface area (Å²) >= 11 is 0. The molecule has 0 spiro atoms. The van der Waals surface area contributed by atoms with Gasteiger partial charge in [-0.25, -0.2) is 0 Å². The summed E-state index contributed by atoms with van der Waals surface area (Å²) in [6, 6.07) is 11.0.